The van der Waals surface area contributed by atoms with Crippen molar-refractivity contribution in [2.45, 2.75) is 31.7 Å². The molecule has 3 heteroatoms. The second-order valence-electron chi connectivity index (χ2n) is 5.67. The van der Waals surface area contributed by atoms with Crippen molar-refractivity contribution in [1.29, 1.82) is 0 Å². The zero-order valence-corrected chi connectivity index (χ0v) is 13.7. The Morgan fingerprint density at radius 2 is 1.95 bits per heavy atom. The second-order valence-corrected chi connectivity index (χ2v) is 6.52. The molecule has 0 amide bonds. The molecule has 0 aromatic heterocycles. The van der Waals surface area contributed by atoms with Crippen molar-refractivity contribution in [2.24, 2.45) is 0 Å². The number of hydrogen-bond donors (Lipinski definition) is 1. The summed E-state index contributed by atoms with van der Waals surface area (Å²) in [6.45, 7) is 0. The predicted molar refractivity (Wildman–Crippen MR) is 88.1 cm³/mol. The van der Waals surface area contributed by atoms with Gasteiger partial charge in [-0.1, -0.05) is 34.1 Å². The smallest absolute Gasteiger partial charge is 0.123 e. The molecule has 0 bridgehead atoms. The summed E-state index contributed by atoms with van der Waals surface area (Å²) in [7, 11) is 1.93. The van der Waals surface area contributed by atoms with E-state index in [1.54, 1.807) is 12.1 Å². The molecule has 1 aliphatic carbocycles. The summed E-state index contributed by atoms with van der Waals surface area (Å²) in [6, 6.07) is 11.8. The van der Waals surface area contributed by atoms with Gasteiger partial charge in [0.1, 0.15) is 5.82 Å². The van der Waals surface area contributed by atoms with Crippen molar-refractivity contribution < 1.29 is 4.39 Å². The lowest BCUT2D eigenvalue weighted by Gasteiger charge is -2.19. The fourth-order valence-electron chi connectivity index (χ4n) is 3.14. The average molecular weight is 348 g/mol. The minimum atomic E-state index is -0.192. The third-order valence-corrected chi connectivity index (χ3v) is 5.01. The zero-order chi connectivity index (χ0) is 14.8. The number of aryl methyl sites for hydroxylation is 2. The van der Waals surface area contributed by atoms with Gasteiger partial charge < -0.3 is 5.32 Å². The molecule has 1 unspecified atom stereocenters. The van der Waals surface area contributed by atoms with Gasteiger partial charge in [-0.25, -0.2) is 4.39 Å². The Bertz CT molecular complexity index is 654. The Kier molecular flexibility index (Phi) is 4.41. The topological polar surface area (TPSA) is 12.0 Å². The predicted octanol–water partition coefficient (Wildman–Crippen LogP) is 4.58. The minimum absolute atomic E-state index is 0.106. The molecule has 0 radical (unpaired) electrons. The molecular weight excluding hydrogens is 329 g/mol. The molecule has 0 spiro atoms. The SMILES string of the molecule is CNC(Cc1ccc2c(c1)CCC2)c1cc(F)ccc1Br. The van der Waals surface area contributed by atoms with Gasteiger partial charge in [0.05, 0.1) is 0 Å². The molecule has 1 aliphatic rings. The van der Waals surface area contributed by atoms with Crippen LogP contribution in [0.3, 0.4) is 0 Å². The summed E-state index contributed by atoms with van der Waals surface area (Å²) < 4.78 is 14.5. The maximum atomic E-state index is 13.5. The molecule has 110 valence electrons. The highest BCUT2D eigenvalue weighted by Crippen LogP contribution is 2.29. The zero-order valence-electron chi connectivity index (χ0n) is 12.1. The first-order valence-electron chi connectivity index (χ1n) is 7.40. The van der Waals surface area contributed by atoms with Gasteiger partial charge in [0.25, 0.3) is 0 Å². The van der Waals surface area contributed by atoms with Crippen LogP contribution in [0, 0.1) is 5.82 Å². The Labute approximate surface area is 133 Å². The van der Waals surface area contributed by atoms with Crippen molar-refractivity contribution in [3.63, 3.8) is 0 Å². The van der Waals surface area contributed by atoms with Crippen LogP contribution in [0.2, 0.25) is 0 Å². The van der Waals surface area contributed by atoms with E-state index in [1.165, 1.54) is 42.0 Å². The van der Waals surface area contributed by atoms with E-state index < -0.39 is 0 Å². The van der Waals surface area contributed by atoms with Crippen molar-refractivity contribution in [3.8, 4) is 0 Å². The first-order valence-corrected chi connectivity index (χ1v) is 8.19. The molecule has 3 rings (SSSR count). The van der Waals surface area contributed by atoms with Gasteiger partial charge in [0.2, 0.25) is 0 Å². The third-order valence-electron chi connectivity index (χ3n) is 4.28. The van der Waals surface area contributed by atoms with Crippen LogP contribution in [0.15, 0.2) is 40.9 Å². The van der Waals surface area contributed by atoms with Gasteiger partial charge >= 0.3 is 0 Å². The lowest BCUT2D eigenvalue weighted by atomic mass is 9.96. The van der Waals surface area contributed by atoms with Crippen molar-refractivity contribution in [1.82, 2.24) is 5.32 Å². The third kappa shape index (κ3) is 3.19. The Morgan fingerprint density at radius 1 is 1.14 bits per heavy atom. The van der Waals surface area contributed by atoms with Crippen LogP contribution >= 0.6 is 15.9 Å². The van der Waals surface area contributed by atoms with Crippen LogP contribution < -0.4 is 5.32 Å². The molecule has 2 aromatic carbocycles. The van der Waals surface area contributed by atoms with Gasteiger partial charge in [-0.05, 0) is 73.2 Å². The summed E-state index contributed by atoms with van der Waals surface area (Å²) in [5, 5.41) is 3.31. The number of likely N-dealkylation sites (N-methyl/N-ethyl adjacent to an activating group) is 1. The number of nitrogens with one attached hydrogen (secondary N) is 1. The van der Waals surface area contributed by atoms with Gasteiger partial charge in [0.15, 0.2) is 0 Å². The lowest BCUT2D eigenvalue weighted by molar-refractivity contribution is 0.575. The first-order chi connectivity index (χ1) is 10.2. The summed E-state index contributed by atoms with van der Waals surface area (Å²) in [5.41, 5.74) is 5.26. The van der Waals surface area contributed by atoms with Gasteiger partial charge in [-0.3, -0.25) is 0 Å². The molecule has 0 fully saturated rings. The molecule has 1 atom stereocenters. The van der Waals surface area contributed by atoms with Crippen LogP contribution in [0.5, 0.6) is 0 Å². The molecule has 2 aromatic rings. The molecule has 1 nitrogen and oxygen atoms in total. The number of fused-ring (bicyclic) bond motifs is 1. The molecule has 0 saturated heterocycles. The molecule has 21 heavy (non-hydrogen) atoms. The normalized spacial score (nSPS) is 15.0. The van der Waals surface area contributed by atoms with Crippen LogP contribution in [0.25, 0.3) is 0 Å². The Hall–Kier alpha value is -1.19. The van der Waals surface area contributed by atoms with E-state index in [-0.39, 0.29) is 11.9 Å². The minimum Gasteiger partial charge on any atom is -0.313 e. The molecular formula is C18H19BrFN. The van der Waals surface area contributed by atoms with E-state index in [2.05, 4.69) is 39.4 Å². The van der Waals surface area contributed by atoms with E-state index in [1.807, 2.05) is 7.05 Å². The largest absolute Gasteiger partial charge is 0.313 e. The van der Waals surface area contributed by atoms with Crippen molar-refractivity contribution >= 4 is 15.9 Å². The van der Waals surface area contributed by atoms with E-state index in [0.717, 1.165) is 16.5 Å². The highest BCUT2D eigenvalue weighted by molar-refractivity contribution is 9.10. The van der Waals surface area contributed by atoms with E-state index >= 15 is 0 Å². The quantitative estimate of drug-likeness (QED) is 0.853. The second kappa shape index (κ2) is 6.29. The van der Waals surface area contributed by atoms with E-state index in [9.17, 15) is 4.39 Å². The Balaban J connectivity index is 1.86. The summed E-state index contributed by atoms with van der Waals surface area (Å²) in [6.07, 6.45) is 4.53. The van der Waals surface area contributed by atoms with Crippen LogP contribution in [0.4, 0.5) is 4.39 Å². The highest BCUT2D eigenvalue weighted by Gasteiger charge is 2.16. The van der Waals surface area contributed by atoms with E-state index in [0.29, 0.717) is 0 Å². The summed E-state index contributed by atoms with van der Waals surface area (Å²) in [5.74, 6) is -0.192. The highest BCUT2D eigenvalue weighted by atomic mass is 79.9. The molecule has 1 N–H and O–H groups in total. The van der Waals surface area contributed by atoms with Gasteiger partial charge in [-0.15, -0.1) is 0 Å². The van der Waals surface area contributed by atoms with Crippen LogP contribution in [0.1, 0.15) is 34.7 Å². The maximum Gasteiger partial charge on any atom is 0.123 e. The Morgan fingerprint density at radius 3 is 2.76 bits per heavy atom. The summed E-state index contributed by atoms with van der Waals surface area (Å²) in [4.78, 5) is 0. The molecule has 0 aliphatic heterocycles. The number of hydrogen-bond acceptors (Lipinski definition) is 1. The van der Waals surface area contributed by atoms with Crippen molar-refractivity contribution in [2.75, 3.05) is 7.05 Å². The first kappa shape index (κ1) is 14.7. The van der Waals surface area contributed by atoms with Crippen LogP contribution in [-0.2, 0) is 19.3 Å². The van der Waals surface area contributed by atoms with Crippen LogP contribution in [-0.4, -0.2) is 7.05 Å². The number of rotatable bonds is 4. The lowest BCUT2D eigenvalue weighted by Crippen LogP contribution is -2.19. The fourth-order valence-corrected chi connectivity index (χ4v) is 3.66. The molecule has 0 saturated carbocycles. The number of benzene rings is 2. The van der Waals surface area contributed by atoms with Gasteiger partial charge in [-0.2, -0.15) is 0 Å². The van der Waals surface area contributed by atoms with Crippen molar-refractivity contribution in [3.05, 3.63) is 68.9 Å². The monoisotopic (exact) mass is 347 g/mol. The maximum absolute atomic E-state index is 13.5. The average Bonchev–Trinajstić information content (AvgIpc) is 2.95. The number of halogens is 2. The van der Waals surface area contributed by atoms with Gasteiger partial charge in [0, 0.05) is 10.5 Å². The molecule has 0 heterocycles. The summed E-state index contributed by atoms with van der Waals surface area (Å²) >= 11 is 3.53. The standard InChI is InChI=1S/C18H19BrFN/c1-21-18(16-11-15(20)7-8-17(16)19)10-12-5-6-13-3-2-4-14(13)9-12/h5-9,11,18,21H,2-4,10H2,1H3. The van der Waals surface area contributed by atoms with E-state index in [4.69, 9.17) is 0 Å². The fraction of sp³-hybridized carbons (Fsp3) is 0.333.